The molecule has 0 aromatic rings. The van der Waals surface area contributed by atoms with Gasteiger partial charge in [-0.05, 0) is 27.7 Å². The Labute approximate surface area is 83.0 Å². The third-order valence-corrected chi connectivity index (χ3v) is 1.56. The number of hydroxylamine groups is 1. The lowest BCUT2D eigenvalue weighted by Gasteiger charge is -2.06. The van der Waals surface area contributed by atoms with E-state index < -0.39 is 12.1 Å². The molecule has 0 radical (unpaired) electrons. The van der Waals surface area contributed by atoms with E-state index in [0.717, 1.165) is 5.57 Å². The van der Waals surface area contributed by atoms with Gasteiger partial charge in [0, 0.05) is 5.57 Å². The number of hydrogen-bond acceptors (Lipinski definition) is 4. The average Bonchev–Trinajstić information content (AvgIpc) is 2.13. The van der Waals surface area contributed by atoms with Crippen molar-refractivity contribution in [3.8, 4) is 0 Å². The molecule has 14 heavy (non-hydrogen) atoms. The van der Waals surface area contributed by atoms with Crippen LogP contribution in [0.5, 0.6) is 0 Å². The molecule has 5 heteroatoms. The fourth-order valence-corrected chi connectivity index (χ4v) is 0.529. The standard InChI is InChI=1S/C9H15NO4/c1-5-13-9(12)10-14-8(11)7(4)6(2)3/h5H2,1-4H3,(H,10,12). The lowest BCUT2D eigenvalue weighted by molar-refractivity contribution is -0.145. The molecule has 0 atom stereocenters. The van der Waals surface area contributed by atoms with E-state index in [2.05, 4.69) is 9.57 Å². The number of nitrogens with one attached hydrogen (secondary N) is 1. The second kappa shape index (κ2) is 6.01. The van der Waals surface area contributed by atoms with Crippen LogP contribution in [-0.4, -0.2) is 18.7 Å². The number of rotatable bonds is 2. The number of ether oxygens (including phenoxy) is 1. The van der Waals surface area contributed by atoms with E-state index in [9.17, 15) is 9.59 Å². The molecule has 80 valence electrons. The van der Waals surface area contributed by atoms with Gasteiger partial charge >= 0.3 is 12.1 Å². The summed E-state index contributed by atoms with van der Waals surface area (Å²) in [5.41, 5.74) is 3.17. The number of carbonyl (C=O) groups is 2. The quantitative estimate of drug-likeness (QED) is 0.543. The first-order valence-electron chi connectivity index (χ1n) is 4.27. The largest absolute Gasteiger partial charge is 0.448 e. The number of carbonyl (C=O) groups excluding carboxylic acids is 2. The summed E-state index contributed by atoms with van der Waals surface area (Å²) < 4.78 is 4.49. The summed E-state index contributed by atoms with van der Waals surface area (Å²) in [6, 6.07) is 0. The molecule has 0 bridgehead atoms. The van der Waals surface area contributed by atoms with Crippen LogP contribution >= 0.6 is 0 Å². The van der Waals surface area contributed by atoms with Crippen LogP contribution in [0.1, 0.15) is 27.7 Å². The minimum atomic E-state index is -0.776. The maximum absolute atomic E-state index is 11.1. The van der Waals surface area contributed by atoms with Gasteiger partial charge in [-0.2, -0.15) is 0 Å². The van der Waals surface area contributed by atoms with E-state index in [-0.39, 0.29) is 6.61 Å². The van der Waals surface area contributed by atoms with E-state index in [1.54, 1.807) is 27.7 Å². The lowest BCUT2D eigenvalue weighted by Crippen LogP contribution is -2.28. The summed E-state index contributed by atoms with van der Waals surface area (Å²) in [6.45, 7) is 7.06. The third kappa shape index (κ3) is 4.49. The Bertz CT molecular complexity index is 254. The van der Waals surface area contributed by atoms with Crippen LogP contribution in [-0.2, 0) is 14.4 Å². The highest BCUT2D eigenvalue weighted by Crippen LogP contribution is 2.02. The third-order valence-electron chi connectivity index (χ3n) is 1.56. The van der Waals surface area contributed by atoms with Crippen molar-refractivity contribution < 1.29 is 19.2 Å². The molecule has 0 rings (SSSR count). The first kappa shape index (κ1) is 12.5. The Morgan fingerprint density at radius 1 is 1.21 bits per heavy atom. The Morgan fingerprint density at radius 3 is 2.21 bits per heavy atom. The number of allylic oxidation sites excluding steroid dienone is 1. The molecule has 0 saturated heterocycles. The second-order valence-electron chi connectivity index (χ2n) is 2.84. The zero-order valence-electron chi connectivity index (χ0n) is 8.84. The van der Waals surface area contributed by atoms with Gasteiger partial charge in [-0.3, -0.25) is 0 Å². The Kier molecular flexibility index (Phi) is 5.36. The highest BCUT2D eigenvalue weighted by atomic mass is 16.7. The molecular formula is C9H15NO4. The minimum absolute atomic E-state index is 0.227. The fraction of sp³-hybridized carbons (Fsp3) is 0.556. The molecule has 1 amide bonds. The Hall–Kier alpha value is -1.52. The maximum Gasteiger partial charge on any atom is 0.440 e. The van der Waals surface area contributed by atoms with Crippen molar-refractivity contribution in [2.75, 3.05) is 6.61 Å². The van der Waals surface area contributed by atoms with Gasteiger partial charge in [0.2, 0.25) is 0 Å². The van der Waals surface area contributed by atoms with E-state index >= 15 is 0 Å². The Balaban J connectivity index is 3.98. The molecule has 0 aromatic heterocycles. The van der Waals surface area contributed by atoms with Gasteiger partial charge < -0.3 is 9.57 Å². The molecule has 1 N–H and O–H groups in total. The molecule has 0 heterocycles. The molecule has 0 saturated carbocycles. The highest BCUT2D eigenvalue weighted by molar-refractivity contribution is 5.89. The molecular weight excluding hydrogens is 186 g/mol. The summed E-state index contributed by atoms with van der Waals surface area (Å²) in [7, 11) is 0. The minimum Gasteiger partial charge on any atom is -0.448 e. The van der Waals surface area contributed by atoms with Crippen LogP contribution in [0, 0.1) is 0 Å². The molecule has 0 unspecified atom stereocenters. The van der Waals surface area contributed by atoms with Gasteiger partial charge in [-0.25, -0.2) is 9.59 Å². The van der Waals surface area contributed by atoms with Crippen molar-refractivity contribution in [1.82, 2.24) is 5.48 Å². The topological polar surface area (TPSA) is 64.6 Å². The van der Waals surface area contributed by atoms with Crippen LogP contribution in [0.3, 0.4) is 0 Å². The zero-order valence-corrected chi connectivity index (χ0v) is 8.84. The zero-order chi connectivity index (χ0) is 11.1. The van der Waals surface area contributed by atoms with Gasteiger partial charge in [0.25, 0.3) is 0 Å². The van der Waals surface area contributed by atoms with E-state index in [0.29, 0.717) is 5.57 Å². The highest BCUT2D eigenvalue weighted by Gasteiger charge is 2.09. The van der Waals surface area contributed by atoms with E-state index in [1.165, 1.54) is 0 Å². The normalized spacial score (nSPS) is 8.86. The van der Waals surface area contributed by atoms with Crippen molar-refractivity contribution in [3.05, 3.63) is 11.1 Å². The summed E-state index contributed by atoms with van der Waals surface area (Å²) in [5.74, 6) is -0.585. The SMILES string of the molecule is CCOC(=O)NOC(=O)C(C)=C(C)C. The van der Waals surface area contributed by atoms with Crippen molar-refractivity contribution >= 4 is 12.1 Å². The van der Waals surface area contributed by atoms with Crippen molar-refractivity contribution in [3.63, 3.8) is 0 Å². The van der Waals surface area contributed by atoms with Crippen LogP contribution in [0.15, 0.2) is 11.1 Å². The van der Waals surface area contributed by atoms with Gasteiger partial charge in [0.05, 0.1) is 6.61 Å². The number of amides is 1. The smallest absolute Gasteiger partial charge is 0.440 e. The number of hydrogen-bond donors (Lipinski definition) is 1. The summed E-state index contributed by atoms with van der Waals surface area (Å²) in [5, 5.41) is 0. The van der Waals surface area contributed by atoms with Crippen LogP contribution in [0.25, 0.3) is 0 Å². The van der Waals surface area contributed by atoms with Crippen LogP contribution in [0.2, 0.25) is 0 Å². The van der Waals surface area contributed by atoms with E-state index in [4.69, 9.17) is 0 Å². The second-order valence-corrected chi connectivity index (χ2v) is 2.84. The van der Waals surface area contributed by atoms with Crippen LogP contribution < -0.4 is 5.48 Å². The van der Waals surface area contributed by atoms with Crippen molar-refractivity contribution in [2.45, 2.75) is 27.7 Å². The predicted octanol–water partition coefficient (Wildman–Crippen LogP) is 1.55. The molecule has 0 aliphatic rings. The maximum atomic E-state index is 11.1. The molecule has 0 spiro atoms. The summed E-state index contributed by atoms with van der Waals surface area (Å²) in [6.07, 6.45) is -0.776. The van der Waals surface area contributed by atoms with Crippen molar-refractivity contribution in [2.24, 2.45) is 0 Å². The lowest BCUT2D eigenvalue weighted by atomic mass is 10.2. The summed E-state index contributed by atoms with van der Waals surface area (Å²) in [4.78, 5) is 26.3. The first-order chi connectivity index (χ1) is 6.49. The first-order valence-corrected chi connectivity index (χ1v) is 4.27. The van der Waals surface area contributed by atoms with Gasteiger partial charge in [-0.1, -0.05) is 5.57 Å². The van der Waals surface area contributed by atoms with Gasteiger partial charge in [-0.15, -0.1) is 5.48 Å². The van der Waals surface area contributed by atoms with Gasteiger partial charge in [0.1, 0.15) is 0 Å². The fourth-order valence-electron chi connectivity index (χ4n) is 0.529. The molecule has 0 aliphatic heterocycles. The van der Waals surface area contributed by atoms with Gasteiger partial charge in [0.15, 0.2) is 0 Å². The van der Waals surface area contributed by atoms with E-state index in [1.807, 2.05) is 5.48 Å². The predicted molar refractivity (Wildman–Crippen MR) is 50.3 cm³/mol. The Morgan fingerprint density at radius 2 is 1.79 bits per heavy atom. The molecule has 0 aromatic carbocycles. The monoisotopic (exact) mass is 201 g/mol. The average molecular weight is 201 g/mol. The summed E-state index contributed by atoms with van der Waals surface area (Å²) >= 11 is 0. The van der Waals surface area contributed by atoms with Crippen LogP contribution in [0.4, 0.5) is 4.79 Å². The van der Waals surface area contributed by atoms with Crippen molar-refractivity contribution in [1.29, 1.82) is 0 Å². The molecule has 0 aliphatic carbocycles. The molecule has 5 nitrogen and oxygen atoms in total. The molecule has 0 fully saturated rings.